The van der Waals surface area contributed by atoms with E-state index in [1.807, 2.05) is 48.9 Å². The molecular weight excluding hydrogens is 378 g/mol. The Morgan fingerprint density at radius 3 is 2.78 bits per heavy atom. The number of hydrogen-bond acceptors (Lipinski definition) is 3. The normalized spacial score (nSPS) is 13.3. The molecule has 3 aromatic rings. The van der Waals surface area contributed by atoms with Gasteiger partial charge in [0, 0.05) is 34.6 Å². The molecule has 4 nitrogen and oxygen atoms in total. The van der Waals surface area contributed by atoms with E-state index < -0.39 is 0 Å². The van der Waals surface area contributed by atoms with Gasteiger partial charge in [-0.1, -0.05) is 11.6 Å². The van der Waals surface area contributed by atoms with Crippen LogP contribution in [0.3, 0.4) is 0 Å². The molecule has 138 valence electrons. The van der Waals surface area contributed by atoms with Crippen LogP contribution in [0.4, 0.5) is 5.69 Å². The highest BCUT2D eigenvalue weighted by Crippen LogP contribution is 2.27. The lowest BCUT2D eigenvalue weighted by atomic mass is 10.1. The summed E-state index contributed by atoms with van der Waals surface area (Å²) in [5, 5.41) is 3.38. The molecule has 0 aliphatic carbocycles. The maximum absolute atomic E-state index is 12.6. The van der Waals surface area contributed by atoms with Crippen molar-refractivity contribution in [2.75, 3.05) is 11.6 Å². The molecule has 0 atom stereocenters. The lowest BCUT2D eigenvalue weighted by Gasteiger charge is -2.16. The summed E-state index contributed by atoms with van der Waals surface area (Å²) < 4.78 is 2.30. The minimum absolute atomic E-state index is 0.207. The number of nitrogens with one attached hydrogen (secondary N) is 1. The molecule has 2 aromatic carbocycles. The van der Waals surface area contributed by atoms with Crippen molar-refractivity contribution in [2.45, 2.75) is 30.7 Å². The van der Waals surface area contributed by atoms with E-state index in [4.69, 9.17) is 11.6 Å². The Labute approximate surface area is 168 Å². The van der Waals surface area contributed by atoms with E-state index in [0.717, 1.165) is 34.9 Å². The van der Waals surface area contributed by atoms with Crippen molar-refractivity contribution >= 4 is 35.0 Å². The molecular formula is C21H20ClN3OS. The highest BCUT2D eigenvalue weighted by molar-refractivity contribution is 7.98. The van der Waals surface area contributed by atoms with Crippen molar-refractivity contribution in [3.05, 3.63) is 64.9 Å². The van der Waals surface area contributed by atoms with Crippen molar-refractivity contribution < 1.29 is 4.79 Å². The number of hydrogen-bond donors (Lipinski definition) is 1. The highest BCUT2D eigenvalue weighted by Gasteiger charge is 2.16. The number of nitrogens with zero attached hydrogens (tertiary/aromatic N) is 2. The van der Waals surface area contributed by atoms with Crippen molar-refractivity contribution in [1.29, 1.82) is 0 Å². The second-order valence-corrected chi connectivity index (χ2v) is 7.85. The van der Waals surface area contributed by atoms with E-state index in [2.05, 4.69) is 14.9 Å². The molecule has 27 heavy (non-hydrogen) atoms. The Morgan fingerprint density at radius 2 is 2.00 bits per heavy atom. The van der Waals surface area contributed by atoms with Gasteiger partial charge in [-0.2, -0.15) is 0 Å². The lowest BCUT2D eigenvalue weighted by molar-refractivity contribution is 0.102. The van der Waals surface area contributed by atoms with Crippen molar-refractivity contribution in [1.82, 2.24) is 9.55 Å². The molecule has 1 amide bonds. The number of benzene rings is 2. The monoisotopic (exact) mass is 397 g/mol. The Bertz CT molecular complexity index is 982. The van der Waals surface area contributed by atoms with Crippen LogP contribution in [0.25, 0.3) is 11.4 Å². The third-order valence-corrected chi connectivity index (χ3v) is 5.88. The maximum atomic E-state index is 12.6. The molecule has 0 saturated heterocycles. The van der Waals surface area contributed by atoms with E-state index in [1.54, 1.807) is 17.8 Å². The average molecular weight is 398 g/mol. The largest absolute Gasteiger partial charge is 0.328 e. The van der Waals surface area contributed by atoms with Gasteiger partial charge in [0.05, 0.1) is 10.6 Å². The number of fused-ring (bicyclic) bond motifs is 1. The second kappa shape index (κ2) is 7.79. The van der Waals surface area contributed by atoms with Gasteiger partial charge in [0.15, 0.2) is 0 Å². The number of thioether (sulfide) groups is 1. The van der Waals surface area contributed by atoms with Crippen LogP contribution in [0, 0.1) is 0 Å². The number of carbonyl (C=O) groups excluding carboxylic acids is 1. The maximum Gasteiger partial charge on any atom is 0.257 e. The number of rotatable bonds is 4. The standard InChI is InChI=1S/C21H20ClN3OS/c1-27-17-9-10-19(22)18(12-17)21(26)24-15-7-5-14(6-8-15)20-23-13-16-4-2-3-11-25(16)20/h5-10,12-13H,2-4,11H2,1H3,(H,24,26). The number of amides is 1. The van der Waals surface area contributed by atoms with Crippen LogP contribution in [0.1, 0.15) is 28.9 Å². The molecule has 0 bridgehead atoms. The predicted molar refractivity (Wildman–Crippen MR) is 112 cm³/mol. The van der Waals surface area contributed by atoms with Gasteiger partial charge in [-0.05, 0) is 68.0 Å². The third kappa shape index (κ3) is 3.75. The Kier molecular flexibility index (Phi) is 5.23. The molecule has 0 radical (unpaired) electrons. The number of carbonyl (C=O) groups is 1. The van der Waals surface area contributed by atoms with Gasteiger partial charge in [0.1, 0.15) is 5.82 Å². The molecule has 0 fully saturated rings. The van der Waals surface area contributed by atoms with E-state index in [0.29, 0.717) is 10.6 Å². The summed E-state index contributed by atoms with van der Waals surface area (Å²) in [6.45, 7) is 1.02. The third-order valence-electron chi connectivity index (χ3n) is 4.82. The van der Waals surface area contributed by atoms with Crippen LogP contribution >= 0.6 is 23.4 Å². The van der Waals surface area contributed by atoms with Crippen molar-refractivity contribution in [3.63, 3.8) is 0 Å². The number of imidazole rings is 1. The number of anilines is 1. The zero-order valence-corrected chi connectivity index (χ0v) is 16.6. The number of halogens is 1. The smallest absolute Gasteiger partial charge is 0.257 e. The molecule has 1 aliphatic heterocycles. The fourth-order valence-corrected chi connectivity index (χ4v) is 4.02. The van der Waals surface area contributed by atoms with Gasteiger partial charge in [-0.3, -0.25) is 4.79 Å². The van der Waals surface area contributed by atoms with E-state index in [-0.39, 0.29) is 5.91 Å². The molecule has 2 heterocycles. The van der Waals surface area contributed by atoms with E-state index in [1.165, 1.54) is 18.5 Å². The van der Waals surface area contributed by atoms with Crippen molar-refractivity contribution in [3.8, 4) is 11.4 Å². The summed E-state index contributed by atoms with van der Waals surface area (Å²) in [6, 6.07) is 13.3. The van der Waals surface area contributed by atoms with Crippen LogP contribution in [0.5, 0.6) is 0 Å². The van der Waals surface area contributed by atoms with Crippen LogP contribution in [-0.2, 0) is 13.0 Å². The Hall–Kier alpha value is -2.24. The highest BCUT2D eigenvalue weighted by atomic mass is 35.5. The van der Waals surface area contributed by atoms with Gasteiger partial charge in [0.2, 0.25) is 0 Å². The molecule has 1 aromatic heterocycles. The molecule has 4 rings (SSSR count). The number of aromatic nitrogens is 2. The fraction of sp³-hybridized carbons (Fsp3) is 0.238. The molecule has 0 spiro atoms. The molecule has 1 aliphatic rings. The van der Waals surface area contributed by atoms with E-state index in [9.17, 15) is 4.79 Å². The number of aryl methyl sites for hydroxylation is 1. The summed E-state index contributed by atoms with van der Waals surface area (Å²) in [5.74, 6) is 0.792. The Morgan fingerprint density at radius 1 is 1.19 bits per heavy atom. The Balaban J connectivity index is 1.53. The van der Waals surface area contributed by atoms with Crippen LogP contribution in [0.2, 0.25) is 5.02 Å². The summed E-state index contributed by atoms with van der Waals surface area (Å²) in [4.78, 5) is 18.2. The zero-order chi connectivity index (χ0) is 18.8. The van der Waals surface area contributed by atoms with Gasteiger partial charge in [-0.25, -0.2) is 4.98 Å². The predicted octanol–water partition coefficient (Wildman–Crippen LogP) is 5.51. The quantitative estimate of drug-likeness (QED) is 0.590. The summed E-state index contributed by atoms with van der Waals surface area (Å²) in [5.41, 5.74) is 3.58. The van der Waals surface area contributed by atoms with Crippen LogP contribution < -0.4 is 5.32 Å². The fourth-order valence-electron chi connectivity index (χ4n) is 3.37. The average Bonchev–Trinajstić information content (AvgIpc) is 3.13. The first kappa shape index (κ1) is 18.1. The lowest BCUT2D eigenvalue weighted by Crippen LogP contribution is -2.13. The topological polar surface area (TPSA) is 46.9 Å². The first-order valence-electron chi connectivity index (χ1n) is 8.95. The molecule has 0 saturated carbocycles. The molecule has 0 unspecified atom stereocenters. The van der Waals surface area contributed by atoms with Crippen LogP contribution in [-0.4, -0.2) is 21.7 Å². The zero-order valence-electron chi connectivity index (χ0n) is 15.0. The van der Waals surface area contributed by atoms with Gasteiger partial charge >= 0.3 is 0 Å². The minimum Gasteiger partial charge on any atom is -0.328 e. The van der Waals surface area contributed by atoms with Crippen LogP contribution in [0.15, 0.2) is 53.6 Å². The van der Waals surface area contributed by atoms with Gasteiger partial charge in [-0.15, -0.1) is 11.8 Å². The summed E-state index contributed by atoms with van der Waals surface area (Å²) in [6.07, 6.45) is 7.47. The van der Waals surface area contributed by atoms with E-state index >= 15 is 0 Å². The second-order valence-electron chi connectivity index (χ2n) is 6.56. The first-order chi connectivity index (χ1) is 13.2. The molecule has 1 N–H and O–H groups in total. The SMILES string of the molecule is CSc1ccc(Cl)c(C(=O)Nc2ccc(-c3ncc4n3CCCC4)cc2)c1. The minimum atomic E-state index is -0.207. The van der Waals surface area contributed by atoms with Gasteiger partial charge in [0.25, 0.3) is 5.91 Å². The van der Waals surface area contributed by atoms with Gasteiger partial charge < -0.3 is 9.88 Å². The first-order valence-corrected chi connectivity index (χ1v) is 10.6. The summed E-state index contributed by atoms with van der Waals surface area (Å²) >= 11 is 7.77. The summed E-state index contributed by atoms with van der Waals surface area (Å²) in [7, 11) is 0. The van der Waals surface area contributed by atoms with Crippen molar-refractivity contribution in [2.24, 2.45) is 0 Å². The molecule has 6 heteroatoms.